The summed E-state index contributed by atoms with van der Waals surface area (Å²) >= 11 is 1.24. The number of carbonyl (C=O) groups is 2. The van der Waals surface area contributed by atoms with E-state index in [-0.39, 0.29) is 18.2 Å². The van der Waals surface area contributed by atoms with Gasteiger partial charge in [-0.15, -0.1) is 11.3 Å². The molecule has 2 N–H and O–H groups in total. The van der Waals surface area contributed by atoms with Crippen molar-refractivity contribution in [2.24, 2.45) is 0 Å². The monoisotopic (exact) mass is 354 g/mol. The van der Waals surface area contributed by atoms with E-state index in [1.54, 1.807) is 23.8 Å². The van der Waals surface area contributed by atoms with Crippen LogP contribution in [0.5, 0.6) is 0 Å². The van der Waals surface area contributed by atoms with Crippen LogP contribution in [0.15, 0.2) is 48.4 Å². The second kappa shape index (κ2) is 8.06. The SMILES string of the molecule is O=C(Cc1csc(NC(=O)c2ncccn2)n1)NCc1ccncc1. The Morgan fingerprint density at radius 3 is 2.60 bits per heavy atom. The molecule has 0 aromatic carbocycles. The smallest absolute Gasteiger partial charge is 0.295 e. The Labute approximate surface area is 147 Å². The number of nitrogens with one attached hydrogen (secondary N) is 2. The van der Waals surface area contributed by atoms with E-state index in [1.165, 1.54) is 23.7 Å². The zero-order valence-electron chi connectivity index (χ0n) is 13.0. The highest BCUT2D eigenvalue weighted by molar-refractivity contribution is 7.14. The summed E-state index contributed by atoms with van der Waals surface area (Å²) in [6, 6.07) is 5.30. The molecule has 3 aromatic heterocycles. The highest BCUT2D eigenvalue weighted by Crippen LogP contribution is 2.16. The van der Waals surface area contributed by atoms with Crippen molar-refractivity contribution in [3.8, 4) is 0 Å². The Morgan fingerprint density at radius 2 is 1.84 bits per heavy atom. The third-order valence-corrected chi connectivity index (χ3v) is 3.93. The summed E-state index contributed by atoms with van der Waals surface area (Å²) in [5.74, 6) is -0.524. The van der Waals surface area contributed by atoms with E-state index in [0.717, 1.165) is 5.56 Å². The molecule has 0 aliphatic carbocycles. The van der Waals surface area contributed by atoms with Crippen molar-refractivity contribution in [1.82, 2.24) is 25.3 Å². The van der Waals surface area contributed by atoms with Gasteiger partial charge in [0.25, 0.3) is 5.91 Å². The number of carbonyl (C=O) groups excluding carboxylic acids is 2. The summed E-state index contributed by atoms with van der Waals surface area (Å²) in [5, 5.41) is 7.56. The van der Waals surface area contributed by atoms with Crippen LogP contribution in [0.3, 0.4) is 0 Å². The van der Waals surface area contributed by atoms with Crippen LogP contribution >= 0.6 is 11.3 Å². The molecule has 3 aromatic rings. The Kier molecular flexibility index (Phi) is 5.37. The van der Waals surface area contributed by atoms with Gasteiger partial charge in [-0.3, -0.25) is 19.9 Å². The molecule has 9 heteroatoms. The van der Waals surface area contributed by atoms with E-state index in [1.807, 2.05) is 12.1 Å². The third kappa shape index (κ3) is 4.88. The first-order valence-electron chi connectivity index (χ1n) is 7.39. The quantitative estimate of drug-likeness (QED) is 0.693. The lowest BCUT2D eigenvalue weighted by molar-refractivity contribution is -0.120. The molecule has 2 amide bonds. The van der Waals surface area contributed by atoms with Crippen LogP contribution in [0, 0.1) is 0 Å². The van der Waals surface area contributed by atoms with Gasteiger partial charge in [0.1, 0.15) is 0 Å². The van der Waals surface area contributed by atoms with Crippen molar-refractivity contribution in [2.45, 2.75) is 13.0 Å². The largest absolute Gasteiger partial charge is 0.352 e. The molecule has 25 heavy (non-hydrogen) atoms. The summed E-state index contributed by atoms with van der Waals surface area (Å²) in [7, 11) is 0. The number of anilines is 1. The first kappa shape index (κ1) is 16.7. The summed E-state index contributed by atoms with van der Waals surface area (Å²) in [6.07, 6.45) is 6.46. The van der Waals surface area contributed by atoms with Gasteiger partial charge in [0, 0.05) is 36.7 Å². The first-order chi connectivity index (χ1) is 12.2. The number of rotatable bonds is 6. The van der Waals surface area contributed by atoms with Crippen LogP contribution in [0.25, 0.3) is 0 Å². The second-order valence-electron chi connectivity index (χ2n) is 4.98. The molecule has 3 heterocycles. The Balaban J connectivity index is 1.51. The molecule has 3 rings (SSSR count). The minimum absolute atomic E-state index is 0.0642. The highest BCUT2D eigenvalue weighted by atomic mass is 32.1. The summed E-state index contributed by atoms with van der Waals surface area (Å²) in [6.45, 7) is 0.431. The minimum Gasteiger partial charge on any atom is -0.352 e. The standard InChI is InChI=1S/C16H14N6O2S/c23-13(20-9-11-2-6-17-7-3-11)8-12-10-25-16(21-12)22-15(24)14-18-4-1-5-19-14/h1-7,10H,8-9H2,(H,20,23)(H,21,22,24). The lowest BCUT2D eigenvalue weighted by atomic mass is 10.2. The van der Waals surface area contributed by atoms with Crippen LogP contribution in [0.4, 0.5) is 5.13 Å². The zero-order valence-corrected chi connectivity index (χ0v) is 13.9. The number of hydrogen-bond acceptors (Lipinski definition) is 7. The van der Waals surface area contributed by atoms with Gasteiger partial charge in [0.05, 0.1) is 12.1 Å². The zero-order chi connectivity index (χ0) is 17.5. The fourth-order valence-corrected chi connectivity index (χ4v) is 2.65. The van der Waals surface area contributed by atoms with Crippen molar-refractivity contribution < 1.29 is 9.59 Å². The average molecular weight is 354 g/mol. The van der Waals surface area contributed by atoms with E-state index < -0.39 is 5.91 Å². The maximum absolute atomic E-state index is 12.0. The topological polar surface area (TPSA) is 110 Å². The van der Waals surface area contributed by atoms with Gasteiger partial charge in [0.15, 0.2) is 5.13 Å². The fraction of sp³-hybridized carbons (Fsp3) is 0.125. The Morgan fingerprint density at radius 1 is 1.08 bits per heavy atom. The number of thiazole rings is 1. The molecule has 126 valence electrons. The van der Waals surface area contributed by atoms with Gasteiger partial charge in [-0.1, -0.05) is 0 Å². The molecule has 0 saturated heterocycles. The van der Waals surface area contributed by atoms with E-state index in [4.69, 9.17) is 0 Å². The Bertz CT molecular complexity index is 853. The van der Waals surface area contributed by atoms with Crippen molar-refractivity contribution in [3.05, 3.63) is 65.4 Å². The highest BCUT2D eigenvalue weighted by Gasteiger charge is 2.12. The molecule has 0 bridgehead atoms. The number of pyridine rings is 1. The van der Waals surface area contributed by atoms with E-state index in [0.29, 0.717) is 17.4 Å². The van der Waals surface area contributed by atoms with Gasteiger partial charge in [0.2, 0.25) is 11.7 Å². The Hall–Kier alpha value is -3.20. The first-order valence-corrected chi connectivity index (χ1v) is 8.27. The number of amides is 2. The summed E-state index contributed by atoms with van der Waals surface area (Å²) in [5.41, 5.74) is 1.55. The van der Waals surface area contributed by atoms with Crippen LogP contribution in [0.1, 0.15) is 21.9 Å². The van der Waals surface area contributed by atoms with Crippen molar-refractivity contribution in [1.29, 1.82) is 0 Å². The second-order valence-corrected chi connectivity index (χ2v) is 5.84. The molecule has 0 radical (unpaired) electrons. The van der Waals surface area contributed by atoms with Crippen molar-refractivity contribution in [3.63, 3.8) is 0 Å². The third-order valence-electron chi connectivity index (χ3n) is 3.12. The maximum atomic E-state index is 12.0. The number of aromatic nitrogens is 4. The molecule has 0 spiro atoms. The molecule has 0 aliphatic heterocycles. The van der Waals surface area contributed by atoms with E-state index in [9.17, 15) is 9.59 Å². The van der Waals surface area contributed by atoms with Gasteiger partial charge in [-0.05, 0) is 23.8 Å². The number of hydrogen-bond donors (Lipinski definition) is 2. The lowest BCUT2D eigenvalue weighted by Crippen LogP contribution is -2.24. The number of nitrogens with zero attached hydrogens (tertiary/aromatic N) is 4. The summed E-state index contributed by atoms with van der Waals surface area (Å²) < 4.78 is 0. The molecular formula is C16H14N6O2S. The molecule has 0 fully saturated rings. The van der Waals surface area contributed by atoms with Crippen LogP contribution in [0.2, 0.25) is 0 Å². The van der Waals surface area contributed by atoms with Crippen molar-refractivity contribution >= 4 is 28.3 Å². The van der Waals surface area contributed by atoms with Gasteiger partial charge >= 0.3 is 0 Å². The van der Waals surface area contributed by atoms with Gasteiger partial charge < -0.3 is 5.32 Å². The average Bonchev–Trinajstić information content (AvgIpc) is 3.08. The molecule has 0 unspecified atom stereocenters. The van der Waals surface area contributed by atoms with Gasteiger partial charge in [-0.2, -0.15) is 0 Å². The maximum Gasteiger partial charge on any atom is 0.295 e. The predicted octanol–water partition coefficient (Wildman–Crippen LogP) is 1.44. The molecule has 0 aliphatic rings. The van der Waals surface area contributed by atoms with Crippen molar-refractivity contribution in [2.75, 3.05) is 5.32 Å². The lowest BCUT2D eigenvalue weighted by Gasteiger charge is -2.03. The molecule has 0 atom stereocenters. The van der Waals surface area contributed by atoms with E-state index in [2.05, 4.69) is 30.6 Å². The molecule has 0 saturated carbocycles. The summed E-state index contributed by atoms with van der Waals surface area (Å²) in [4.78, 5) is 39.8. The molecule has 8 nitrogen and oxygen atoms in total. The minimum atomic E-state index is -0.441. The van der Waals surface area contributed by atoms with Crippen LogP contribution in [-0.2, 0) is 17.8 Å². The van der Waals surface area contributed by atoms with E-state index >= 15 is 0 Å². The van der Waals surface area contributed by atoms with Crippen LogP contribution < -0.4 is 10.6 Å². The fourth-order valence-electron chi connectivity index (χ4n) is 1.94. The molecular weight excluding hydrogens is 340 g/mol. The normalized spacial score (nSPS) is 10.2. The van der Waals surface area contributed by atoms with Crippen LogP contribution in [-0.4, -0.2) is 31.8 Å². The van der Waals surface area contributed by atoms with Gasteiger partial charge in [-0.25, -0.2) is 15.0 Å². The predicted molar refractivity (Wildman–Crippen MR) is 91.9 cm³/mol.